The van der Waals surface area contributed by atoms with Gasteiger partial charge < -0.3 is 15.4 Å². The monoisotopic (exact) mass is 562 g/mol. The van der Waals surface area contributed by atoms with Crippen molar-refractivity contribution in [3.8, 4) is 12.8 Å². The van der Waals surface area contributed by atoms with E-state index in [4.69, 9.17) is 10.5 Å². The lowest BCUT2D eigenvalue weighted by Crippen LogP contribution is -2.41. The van der Waals surface area contributed by atoms with Gasteiger partial charge in [0.15, 0.2) is 5.65 Å². The molecule has 0 saturated carbocycles. The van der Waals surface area contributed by atoms with Gasteiger partial charge in [0, 0.05) is 43.6 Å². The molecule has 0 radical (unpaired) electrons. The lowest BCUT2D eigenvalue weighted by molar-refractivity contribution is 0.0477. The number of benzene rings is 1. The lowest BCUT2D eigenvalue weighted by atomic mass is 10.0. The fourth-order valence-corrected chi connectivity index (χ4v) is 5.23. The van der Waals surface area contributed by atoms with Crippen LogP contribution in [0.4, 0.5) is 13.6 Å². The molecule has 4 aromatic rings. The molecule has 3 N–H and O–H groups in total. The van der Waals surface area contributed by atoms with Crippen LogP contribution in [0.2, 0.25) is 0 Å². The molecule has 2 atom stereocenters. The Bertz CT molecular complexity index is 1530. The van der Waals surface area contributed by atoms with Gasteiger partial charge in [-0.25, -0.2) is 23.4 Å². The van der Waals surface area contributed by atoms with Crippen LogP contribution >= 0.6 is 0 Å². The van der Waals surface area contributed by atoms with Crippen LogP contribution in [0.15, 0.2) is 65.7 Å². The summed E-state index contributed by atoms with van der Waals surface area (Å²) in [4.78, 5) is 38.6. The van der Waals surface area contributed by atoms with Crippen molar-refractivity contribution in [2.24, 2.45) is 5.73 Å². The number of carbonyl (C=O) groups is 1. The predicted molar refractivity (Wildman–Crippen MR) is 151 cm³/mol. The molecular formula is C30H32F2N6O3. The normalized spacial score (nSPS) is 18.6. The minimum atomic E-state index is -0.537. The number of nitrogens with one attached hydrogen (secondary N) is 1. The Hall–Kier alpha value is -4.56. The van der Waals surface area contributed by atoms with Gasteiger partial charge in [-0.05, 0) is 68.0 Å². The fourth-order valence-electron chi connectivity index (χ4n) is 5.23. The van der Waals surface area contributed by atoms with Crippen LogP contribution in [0.3, 0.4) is 0 Å². The lowest BCUT2D eigenvalue weighted by Gasteiger charge is -2.33. The molecule has 4 heterocycles. The van der Waals surface area contributed by atoms with Crippen LogP contribution < -0.4 is 11.4 Å². The van der Waals surface area contributed by atoms with Gasteiger partial charge in [-0.1, -0.05) is 12.1 Å². The number of aromatic nitrogens is 4. The molecule has 3 aromatic heterocycles. The molecule has 9 nitrogen and oxygen atoms in total. The molecule has 2 aliphatic rings. The van der Waals surface area contributed by atoms with E-state index in [9.17, 15) is 18.4 Å². The number of rotatable bonds is 2. The first-order valence-corrected chi connectivity index (χ1v) is 13.4. The van der Waals surface area contributed by atoms with E-state index in [-0.39, 0.29) is 30.0 Å². The highest BCUT2D eigenvalue weighted by molar-refractivity contribution is 5.70. The number of ether oxygens (including phenoxy) is 1. The number of piperidine rings is 1. The zero-order chi connectivity index (χ0) is 29.4. The van der Waals surface area contributed by atoms with E-state index in [1.54, 1.807) is 21.9 Å². The summed E-state index contributed by atoms with van der Waals surface area (Å²) in [6, 6.07) is 12.1. The minimum Gasteiger partial charge on any atom is -0.440 e. The number of halogens is 2. The van der Waals surface area contributed by atoms with Crippen molar-refractivity contribution in [1.82, 2.24) is 24.4 Å². The molecule has 41 heavy (non-hydrogen) atoms. The maximum Gasteiger partial charge on any atom is 0.410 e. The van der Waals surface area contributed by atoms with Gasteiger partial charge in [-0.3, -0.25) is 14.5 Å². The molecule has 1 amide bonds. The van der Waals surface area contributed by atoms with Gasteiger partial charge in [0.25, 0.3) is 0 Å². The number of imidazole rings is 1. The number of pyridine rings is 2. The molecule has 1 fully saturated rings. The minimum absolute atomic E-state index is 0.0211. The average Bonchev–Trinajstić information content (AvgIpc) is 3.24. The van der Waals surface area contributed by atoms with Crippen LogP contribution in [0, 0.1) is 24.5 Å². The number of fused-ring (bicyclic) bond motifs is 2. The third-order valence-corrected chi connectivity index (χ3v) is 7.16. The summed E-state index contributed by atoms with van der Waals surface area (Å²) in [5.74, 6) is -1.07. The molecule has 0 unspecified atom stereocenters. The molecule has 214 valence electrons. The quantitative estimate of drug-likeness (QED) is 0.261. The standard InChI is InChI=1S/C22H26N6O3.C6H4F2.C2H2/c23-16-5-1-7-18(19-15(16)4-2-10-24-19)31-22(30)27-12-8-14(9-13-27)28-17-6-3-11-25-20(17)26-21(28)29;7-5-2-1-3-6(8)4-5;1-2/h2-4,6,10-11,14,16,18H,1,5,7-9,12-13,23H2,(H,25,26,29);1-4H;1-2H/t16-,18+;;/m0../s1. The molecule has 1 aliphatic heterocycles. The molecule has 1 saturated heterocycles. The first kappa shape index (κ1) is 29.4. The van der Waals surface area contributed by atoms with Crippen molar-refractivity contribution in [2.45, 2.75) is 50.3 Å². The zero-order valence-electron chi connectivity index (χ0n) is 22.5. The van der Waals surface area contributed by atoms with Crippen molar-refractivity contribution in [3.05, 3.63) is 94.3 Å². The van der Waals surface area contributed by atoms with Gasteiger partial charge in [0.2, 0.25) is 0 Å². The van der Waals surface area contributed by atoms with Crippen LogP contribution in [0.1, 0.15) is 61.5 Å². The fraction of sp³-hybridized carbons (Fsp3) is 0.333. The first-order valence-electron chi connectivity index (χ1n) is 13.4. The summed E-state index contributed by atoms with van der Waals surface area (Å²) in [6.45, 7) is 1.06. The smallest absolute Gasteiger partial charge is 0.410 e. The molecule has 0 bridgehead atoms. The summed E-state index contributed by atoms with van der Waals surface area (Å²) >= 11 is 0. The van der Waals surface area contributed by atoms with E-state index in [0.717, 1.165) is 42.1 Å². The Morgan fingerprint density at radius 1 is 0.976 bits per heavy atom. The van der Waals surface area contributed by atoms with Gasteiger partial charge >= 0.3 is 11.8 Å². The predicted octanol–water partition coefficient (Wildman–Crippen LogP) is 5.03. The van der Waals surface area contributed by atoms with E-state index in [2.05, 4.69) is 27.8 Å². The summed E-state index contributed by atoms with van der Waals surface area (Å²) in [5, 5.41) is 0. The number of hydrogen-bond donors (Lipinski definition) is 2. The summed E-state index contributed by atoms with van der Waals surface area (Å²) in [6.07, 6.45) is 14.5. The van der Waals surface area contributed by atoms with E-state index >= 15 is 0 Å². The SMILES string of the molecule is C#C.Fc1cccc(F)c1.N[C@H]1CCC[C@@H](OC(=O)N2CCC(n3c(=O)[nH]c4ncccc43)CC2)c2ncccc21. The molecule has 6 rings (SSSR count). The number of nitrogens with zero attached hydrogens (tertiary/aromatic N) is 4. The molecule has 0 spiro atoms. The van der Waals surface area contributed by atoms with E-state index in [0.29, 0.717) is 31.6 Å². The molecule has 11 heteroatoms. The maximum absolute atomic E-state index is 12.9. The average molecular weight is 563 g/mol. The Balaban J connectivity index is 0.000000332. The van der Waals surface area contributed by atoms with Crippen molar-refractivity contribution in [1.29, 1.82) is 0 Å². The number of likely N-dealkylation sites (tertiary alicyclic amines) is 1. The van der Waals surface area contributed by atoms with Crippen molar-refractivity contribution >= 4 is 17.3 Å². The number of H-pyrrole nitrogens is 1. The van der Waals surface area contributed by atoms with Gasteiger partial charge in [-0.15, -0.1) is 12.8 Å². The Morgan fingerprint density at radius 3 is 2.34 bits per heavy atom. The third kappa shape index (κ3) is 6.96. The third-order valence-electron chi connectivity index (χ3n) is 7.16. The summed E-state index contributed by atoms with van der Waals surface area (Å²) in [5.41, 5.74) is 9.23. The molecular weight excluding hydrogens is 530 g/mol. The first-order chi connectivity index (χ1) is 19.9. The number of carbonyl (C=O) groups excluding carboxylic acids is 1. The Morgan fingerprint density at radius 2 is 1.66 bits per heavy atom. The van der Waals surface area contributed by atoms with Gasteiger partial charge in [0.1, 0.15) is 17.7 Å². The largest absolute Gasteiger partial charge is 0.440 e. The van der Waals surface area contributed by atoms with Crippen molar-refractivity contribution in [2.75, 3.05) is 13.1 Å². The topological polar surface area (TPSA) is 119 Å². The highest BCUT2D eigenvalue weighted by Crippen LogP contribution is 2.34. The van der Waals surface area contributed by atoms with E-state index < -0.39 is 11.6 Å². The summed E-state index contributed by atoms with van der Waals surface area (Å²) in [7, 11) is 0. The zero-order valence-corrected chi connectivity index (χ0v) is 22.5. The van der Waals surface area contributed by atoms with Crippen LogP contribution in [0.5, 0.6) is 0 Å². The van der Waals surface area contributed by atoms with E-state index in [1.807, 2.05) is 24.3 Å². The van der Waals surface area contributed by atoms with E-state index in [1.165, 1.54) is 18.2 Å². The van der Waals surface area contributed by atoms with Crippen LogP contribution in [0.25, 0.3) is 11.2 Å². The second-order valence-corrected chi connectivity index (χ2v) is 9.72. The number of hydrogen-bond acceptors (Lipinski definition) is 6. The molecule has 1 aromatic carbocycles. The summed E-state index contributed by atoms with van der Waals surface area (Å²) < 4.78 is 31.5. The maximum atomic E-state index is 12.9. The second-order valence-electron chi connectivity index (χ2n) is 9.72. The number of nitrogens with two attached hydrogens (primary N) is 1. The van der Waals surface area contributed by atoms with Crippen molar-refractivity contribution < 1.29 is 18.3 Å². The number of amides is 1. The number of aromatic amines is 1. The van der Waals surface area contributed by atoms with Gasteiger partial charge in [0.05, 0.1) is 11.2 Å². The Kier molecular flexibility index (Phi) is 9.81. The van der Waals surface area contributed by atoms with Crippen molar-refractivity contribution in [3.63, 3.8) is 0 Å². The second kappa shape index (κ2) is 13.7. The molecule has 1 aliphatic carbocycles. The van der Waals surface area contributed by atoms with Gasteiger partial charge in [-0.2, -0.15) is 0 Å². The van der Waals surface area contributed by atoms with Crippen LogP contribution in [-0.4, -0.2) is 43.6 Å². The highest BCUT2D eigenvalue weighted by atomic mass is 19.1. The highest BCUT2D eigenvalue weighted by Gasteiger charge is 2.31. The Labute approximate surface area is 236 Å². The number of terminal acetylenes is 1. The van der Waals surface area contributed by atoms with Crippen LogP contribution in [-0.2, 0) is 4.74 Å².